The van der Waals surface area contributed by atoms with Crippen molar-refractivity contribution in [2.75, 3.05) is 13.7 Å². The fraction of sp³-hybridized carbons (Fsp3) is 0.312. The minimum atomic E-state index is -0.703. The standard InChI is InChI=1S/C16H18Cl2N2O4/c1-4-5-24-16(23)12(9(2)21)8-20-13-7-10(17)6-11(14(13)18)15(22)19-3/h6-8,21H,4-5H2,1-3H3,(H,19,22). The molecule has 0 aliphatic rings. The van der Waals surface area contributed by atoms with E-state index in [2.05, 4.69) is 10.3 Å². The van der Waals surface area contributed by atoms with Gasteiger partial charge in [0.15, 0.2) is 0 Å². The summed E-state index contributed by atoms with van der Waals surface area (Å²) in [7, 11) is 1.46. The average molecular weight is 373 g/mol. The Morgan fingerprint density at radius 3 is 2.58 bits per heavy atom. The molecule has 2 N–H and O–H groups in total. The SMILES string of the molecule is CCCOC(=O)C(C=Nc1cc(Cl)cc(C(=O)NC)c1Cl)=C(C)O. The fourth-order valence-corrected chi connectivity index (χ4v) is 2.13. The number of carbonyl (C=O) groups excluding carboxylic acids is 2. The number of allylic oxidation sites excluding steroid dienone is 1. The molecule has 0 heterocycles. The Labute approximate surface area is 150 Å². The molecule has 0 fully saturated rings. The van der Waals surface area contributed by atoms with Crippen LogP contribution in [0.25, 0.3) is 0 Å². The van der Waals surface area contributed by atoms with Gasteiger partial charge < -0.3 is 15.2 Å². The van der Waals surface area contributed by atoms with Crippen LogP contribution in [0.4, 0.5) is 5.69 Å². The lowest BCUT2D eigenvalue weighted by molar-refractivity contribution is -0.138. The molecule has 0 bridgehead atoms. The fourth-order valence-electron chi connectivity index (χ4n) is 1.67. The monoisotopic (exact) mass is 372 g/mol. The lowest BCUT2D eigenvalue weighted by Gasteiger charge is -2.07. The lowest BCUT2D eigenvalue weighted by Crippen LogP contribution is -2.18. The summed E-state index contributed by atoms with van der Waals surface area (Å²) in [6.07, 6.45) is 1.77. The van der Waals surface area contributed by atoms with Gasteiger partial charge in [-0.15, -0.1) is 0 Å². The highest BCUT2D eigenvalue weighted by molar-refractivity contribution is 6.38. The van der Waals surface area contributed by atoms with E-state index >= 15 is 0 Å². The molecular formula is C16H18Cl2N2O4. The van der Waals surface area contributed by atoms with Crippen LogP contribution in [0, 0.1) is 0 Å². The van der Waals surface area contributed by atoms with Crippen LogP contribution in [0.1, 0.15) is 30.6 Å². The molecule has 0 unspecified atom stereocenters. The van der Waals surface area contributed by atoms with Gasteiger partial charge in [0, 0.05) is 18.3 Å². The smallest absolute Gasteiger partial charge is 0.343 e. The van der Waals surface area contributed by atoms with Gasteiger partial charge in [-0.2, -0.15) is 0 Å². The van der Waals surface area contributed by atoms with E-state index < -0.39 is 11.9 Å². The Balaban J connectivity index is 3.21. The van der Waals surface area contributed by atoms with Crippen LogP contribution in [-0.2, 0) is 9.53 Å². The van der Waals surface area contributed by atoms with Crippen LogP contribution >= 0.6 is 23.2 Å². The quantitative estimate of drug-likeness (QED) is 0.343. The Morgan fingerprint density at radius 1 is 1.38 bits per heavy atom. The summed E-state index contributed by atoms with van der Waals surface area (Å²) < 4.78 is 4.97. The van der Waals surface area contributed by atoms with E-state index in [1.54, 1.807) is 0 Å². The van der Waals surface area contributed by atoms with E-state index in [0.29, 0.717) is 6.42 Å². The van der Waals surface area contributed by atoms with Crippen molar-refractivity contribution in [3.05, 3.63) is 39.1 Å². The van der Waals surface area contributed by atoms with Crippen molar-refractivity contribution in [1.29, 1.82) is 0 Å². The number of amides is 1. The molecule has 0 aromatic heterocycles. The minimum Gasteiger partial charge on any atom is -0.512 e. The Morgan fingerprint density at radius 2 is 2.04 bits per heavy atom. The van der Waals surface area contributed by atoms with Gasteiger partial charge in [0.25, 0.3) is 5.91 Å². The van der Waals surface area contributed by atoms with Gasteiger partial charge in [0.1, 0.15) is 11.3 Å². The predicted molar refractivity (Wildman–Crippen MR) is 94.6 cm³/mol. The highest BCUT2D eigenvalue weighted by Gasteiger charge is 2.16. The number of aliphatic hydroxyl groups is 1. The number of aliphatic imine (C=N–C) groups is 1. The molecule has 1 aromatic carbocycles. The second kappa shape index (κ2) is 9.30. The predicted octanol–water partition coefficient (Wildman–Crippen LogP) is 3.84. The van der Waals surface area contributed by atoms with Gasteiger partial charge in [-0.1, -0.05) is 30.1 Å². The van der Waals surface area contributed by atoms with Crippen molar-refractivity contribution in [1.82, 2.24) is 5.32 Å². The first-order valence-electron chi connectivity index (χ1n) is 7.13. The van der Waals surface area contributed by atoms with Gasteiger partial charge in [-0.25, -0.2) is 4.79 Å². The van der Waals surface area contributed by atoms with Crippen LogP contribution in [-0.4, -0.2) is 36.9 Å². The summed E-state index contributed by atoms with van der Waals surface area (Å²) in [4.78, 5) is 27.7. The van der Waals surface area contributed by atoms with E-state index in [4.69, 9.17) is 27.9 Å². The number of rotatable bonds is 6. The normalized spacial score (nSPS) is 12.0. The van der Waals surface area contributed by atoms with Crippen molar-refractivity contribution in [2.45, 2.75) is 20.3 Å². The minimum absolute atomic E-state index is 0.0758. The number of benzene rings is 1. The van der Waals surface area contributed by atoms with Gasteiger partial charge in [0.05, 0.1) is 22.9 Å². The number of hydrogen-bond donors (Lipinski definition) is 2. The van der Waals surface area contributed by atoms with Crippen LogP contribution in [0.15, 0.2) is 28.5 Å². The van der Waals surface area contributed by atoms with Crippen LogP contribution in [0.5, 0.6) is 0 Å². The van der Waals surface area contributed by atoms with Gasteiger partial charge in [0.2, 0.25) is 0 Å². The molecule has 0 saturated heterocycles. The zero-order chi connectivity index (χ0) is 18.3. The Hall–Kier alpha value is -2.05. The summed E-state index contributed by atoms with van der Waals surface area (Å²) in [5, 5.41) is 12.4. The third-order valence-corrected chi connectivity index (χ3v) is 3.49. The first-order valence-corrected chi connectivity index (χ1v) is 7.89. The molecule has 24 heavy (non-hydrogen) atoms. The third-order valence-electron chi connectivity index (χ3n) is 2.87. The molecule has 6 nitrogen and oxygen atoms in total. The largest absolute Gasteiger partial charge is 0.512 e. The summed E-state index contributed by atoms with van der Waals surface area (Å²) in [5.74, 6) is -1.37. The number of nitrogens with zero attached hydrogens (tertiary/aromatic N) is 1. The molecule has 1 aromatic rings. The summed E-state index contributed by atoms with van der Waals surface area (Å²) in [6.45, 7) is 3.41. The molecule has 0 saturated carbocycles. The number of nitrogens with one attached hydrogen (secondary N) is 1. The first-order chi connectivity index (χ1) is 11.3. The zero-order valence-electron chi connectivity index (χ0n) is 13.5. The Kier molecular flexibility index (Phi) is 7.74. The van der Waals surface area contributed by atoms with Crippen molar-refractivity contribution < 1.29 is 19.4 Å². The maximum absolute atomic E-state index is 11.9. The van der Waals surface area contributed by atoms with Crippen LogP contribution in [0.2, 0.25) is 10.0 Å². The number of esters is 1. The number of hydrogen-bond acceptors (Lipinski definition) is 5. The Bertz CT molecular complexity index is 696. The molecule has 0 spiro atoms. The van der Waals surface area contributed by atoms with Gasteiger partial charge in [-0.3, -0.25) is 9.79 Å². The van der Waals surface area contributed by atoms with Crippen LogP contribution < -0.4 is 5.32 Å². The number of aliphatic hydroxyl groups excluding tert-OH is 1. The van der Waals surface area contributed by atoms with E-state index in [-0.39, 0.29) is 39.2 Å². The van der Waals surface area contributed by atoms with Gasteiger partial charge >= 0.3 is 5.97 Å². The molecular weight excluding hydrogens is 355 g/mol. The maximum atomic E-state index is 11.9. The van der Waals surface area contributed by atoms with E-state index in [1.807, 2.05) is 6.92 Å². The highest BCUT2D eigenvalue weighted by atomic mass is 35.5. The first kappa shape index (κ1) is 20.0. The zero-order valence-corrected chi connectivity index (χ0v) is 15.0. The maximum Gasteiger partial charge on any atom is 0.343 e. The van der Waals surface area contributed by atoms with Gasteiger partial charge in [-0.05, 0) is 25.5 Å². The molecule has 130 valence electrons. The molecule has 0 aliphatic heterocycles. The van der Waals surface area contributed by atoms with Crippen molar-refractivity contribution in [3.63, 3.8) is 0 Å². The molecule has 1 amide bonds. The third kappa shape index (κ3) is 5.25. The lowest BCUT2D eigenvalue weighted by atomic mass is 10.2. The number of halogens is 2. The highest BCUT2D eigenvalue weighted by Crippen LogP contribution is 2.32. The molecule has 8 heteroatoms. The summed E-state index contributed by atoms with van der Waals surface area (Å²) >= 11 is 12.1. The summed E-state index contributed by atoms with van der Waals surface area (Å²) in [6, 6.07) is 2.85. The molecule has 0 atom stereocenters. The van der Waals surface area contributed by atoms with E-state index in [9.17, 15) is 14.7 Å². The van der Waals surface area contributed by atoms with Crippen molar-refractivity contribution in [3.8, 4) is 0 Å². The molecule has 0 aliphatic carbocycles. The van der Waals surface area contributed by atoms with E-state index in [0.717, 1.165) is 6.21 Å². The van der Waals surface area contributed by atoms with E-state index in [1.165, 1.54) is 26.1 Å². The molecule has 1 rings (SSSR count). The average Bonchev–Trinajstić information content (AvgIpc) is 2.54. The van der Waals surface area contributed by atoms with Crippen LogP contribution in [0.3, 0.4) is 0 Å². The second-order valence-corrected chi connectivity index (χ2v) is 5.57. The van der Waals surface area contributed by atoms with Crippen molar-refractivity contribution in [2.24, 2.45) is 4.99 Å². The number of carbonyl (C=O) groups is 2. The summed E-state index contributed by atoms with van der Waals surface area (Å²) in [5.41, 5.74) is 0.226. The second-order valence-electron chi connectivity index (χ2n) is 4.76. The number of ether oxygens (including phenoxy) is 1. The molecule has 0 radical (unpaired) electrons. The van der Waals surface area contributed by atoms with Crippen molar-refractivity contribution >= 4 is 47.0 Å². The topological polar surface area (TPSA) is 88.0 Å².